The third kappa shape index (κ3) is 17.8. The van der Waals surface area contributed by atoms with Gasteiger partial charge >= 0.3 is 5.97 Å². The van der Waals surface area contributed by atoms with E-state index in [2.05, 4.69) is 31.6 Å². The average Bonchev–Trinajstić information content (AvgIpc) is 3.20. The summed E-state index contributed by atoms with van der Waals surface area (Å²) in [4.78, 5) is 82.4. The van der Waals surface area contributed by atoms with Crippen LogP contribution in [0.1, 0.15) is 62.5 Å². The van der Waals surface area contributed by atoms with E-state index in [1.54, 1.807) is 18.2 Å². The van der Waals surface area contributed by atoms with E-state index in [0.717, 1.165) is 23.6 Å². The van der Waals surface area contributed by atoms with E-state index in [1.165, 1.54) is 12.1 Å². The van der Waals surface area contributed by atoms with Crippen LogP contribution in [0.4, 0.5) is 0 Å². The molecule has 15 N–H and O–H groups in total. The summed E-state index contributed by atoms with van der Waals surface area (Å²) < 4.78 is 0. The van der Waals surface area contributed by atoms with Crippen LogP contribution in [-0.4, -0.2) is 102 Å². The second-order valence-electron chi connectivity index (χ2n) is 14.2. The molecule has 0 heterocycles. The molecule has 0 aliphatic rings. The predicted octanol–water partition coefficient (Wildman–Crippen LogP) is -0.218. The number of hydrogen-bond acceptors (Lipinski definition) is 10. The maximum Gasteiger partial charge on any atom is 0.322 e. The number of benzene rings is 3. The minimum Gasteiger partial charge on any atom is -0.508 e. The number of nitrogens with zero attached hydrogens (tertiary/aromatic N) is 1. The molecule has 18 heteroatoms. The molecule has 5 amide bonds. The van der Waals surface area contributed by atoms with E-state index in [-0.39, 0.29) is 69.2 Å². The van der Waals surface area contributed by atoms with Crippen molar-refractivity contribution in [1.29, 1.82) is 0 Å². The van der Waals surface area contributed by atoms with Crippen LogP contribution in [0.15, 0.2) is 71.7 Å². The first-order valence-electron chi connectivity index (χ1n) is 19.7. The molecule has 0 saturated heterocycles. The van der Waals surface area contributed by atoms with Gasteiger partial charge in [0.25, 0.3) is 0 Å². The number of phenolic OH excluding ortho intramolecular Hbond substituents is 1. The first-order chi connectivity index (χ1) is 28.2. The normalized spacial score (nSPS) is 12.9. The summed E-state index contributed by atoms with van der Waals surface area (Å²) in [6.07, 6.45) is 3.29. The van der Waals surface area contributed by atoms with Gasteiger partial charge in [0.15, 0.2) is 5.96 Å². The highest BCUT2D eigenvalue weighted by Gasteiger charge is 2.31. The zero-order valence-corrected chi connectivity index (χ0v) is 33.2. The van der Waals surface area contributed by atoms with Crippen LogP contribution in [0.3, 0.4) is 0 Å². The SMILES string of the molecule is NCCCCCC(=O)NCCC[C@H](NC(=O)[C@H](N)Cc1ccc(O)cc1)C(=O)N[C@@H](CCCN=C(N)N)C(=O)N[C@@H](Cc1ccc2ccccc2c1)C(=O)NCC(=O)O. The highest BCUT2D eigenvalue weighted by atomic mass is 16.4. The number of rotatable bonds is 26. The number of guanidine groups is 1. The lowest BCUT2D eigenvalue weighted by Gasteiger charge is -2.26. The average molecular weight is 819 g/mol. The Morgan fingerprint density at radius 3 is 1.95 bits per heavy atom. The molecule has 18 nitrogen and oxygen atoms in total. The van der Waals surface area contributed by atoms with Gasteiger partial charge in [-0.15, -0.1) is 0 Å². The van der Waals surface area contributed by atoms with Gasteiger partial charge in [0.2, 0.25) is 29.5 Å². The Balaban J connectivity index is 1.82. The molecule has 0 aromatic heterocycles. The largest absolute Gasteiger partial charge is 0.508 e. The molecule has 320 valence electrons. The van der Waals surface area contributed by atoms with Crippen molar-refractivity contribution < 1.29 is 39.0 Å². The van der Waals surface area contributed by atoms with Crippen molar-refractivity contribution in [3.8, 4) is 5.75 Å². The summed E-state index contributed by atoms with van der Waals surface area (Å²) in [5, 5.41) is 33.9. The zero-order valence-electron chi connectivity index (χ0n) is 33.2. The third-order valence-electron chi connectivity index (χ3n) is 9.34. The van der Waals surface area contributed by atoms with Crippen LogP contribution >= 0.6 is 0 Å². The van der Waals surface area contributed by atoms with Crippen LogP contribution in [0.2, 0.25) is 0 Å². The fraction of sp³-hybridized carbons (Fsp3) is 0.439. The lowest BCUT2D eigenvalue weighted by molar-refractivity contribution is -0.138. The van der Waals surface area contributed by atoms with Gasteiger partial charge in [-0.3, -0.25) is 33.8 Å². The van der Waals surface area contributed by atoms with Crippen LogP contribution in [0.5, 0.6) is 5.75 Å². The molecule has 0 unspecified atom stereocenters. The summed E-state index contributed by atoms with van der Waals surface area (Å²) in [5.41, 5.74) is 24.1. The molecule has 0 saturated carbocycles. The van der Waals surface area contributed by atoms with Gasteiger partial charge in [0, 0.05) is 25.9 Å². The lowest BCUT2D eigenvalue weighted by atomic mass is 10.0. The molecular weight excluding hydrogens is 761 g/mol. The molecule has 0 aliphatic carbocycles. The van der Waals surface area contributed by atoms with Crippen LogP contribution < -0.4 is 49.5 Å². The topological polar surface area (TPSA) is 319 Å². The summed E-state index contributed by atoms with van der Waals surface area (Å²) in [7, 11) is 0. The molecule has 0 spiro atoms. The molecule has 59 heavy (non-hydrogen) atoms. The number of phenols is 1. The van der Waals surface area contributed by atoms with E-state index in [9.17, 15) is 39.0 Å². The fourth-order valence-electron chi connectivity index (χ4n) is 6.17. The summed E-state index contributed by atoms with van der Waals surface area (Å²) in [6.45, 7) is 0.174. The van der Waals surface area contributed by atoms with Crippen LogP contribution in [-0.2, 0) is 41.6 Å². The predicted molar refractivity (Wildman–Crippen MR) is 224 cm³/mol. The van der Waals surface area contributed by atoms with Crippen LogP contribution in [0.25, 0.3) is 10.8 Å². The van der Waals surface area contributed by atoms with Gasteiger partial charge in [-0.05, 0) is 85.5 Å². The summed E-state index contributed by atoms with van der Waals surface area (Å²) in [6, 6.07) is 14.5. The van der Waals surface area contributed by atoms with Gasteiger partial charge in [-0.2, -0.15) is 0 Å². The number of carbonyl (C=O) groups excluding carboxylic acids is 5. The monoisotopic (exact) mass is 818 g/mol. The number of hydrogen-bond donors (Lipinski definition) is 11. The standard InChI is InChI=1S/C41H58N10O8/c42-19-5-1-2-12-35(53)46-20-6-10-32(49-37(56)31(43)23-26-14-17-30(52)18-15-26)39(58)50-33(11-7-21-47-41(44)45)40(59)51-34(38(57)48-25-36(54)55)24-27-13-16-28-8-3-4-9-29(28)22-27/h3-4,8-9,13-18,22,31-34,52H,1-2,5-7,10-12,19-21,23-25,42-43H2,(H,46,53)(H,48,57)(H,49,56)(H,50,58)(H,51,59)(H,54,55)(H4,44,45,47)/t31-,32+,33+,34+/m1/s1. The Morgan fingerprint density at radius 1 is 0.661 bits per heavy atom. The Morgan fingerprint density at radius 2 is 1.29 bits per heavy atom. The highest BCUT2D eigenvalue weighted by Crippen LogP contribution is 2.17. The molecule has 0 bridgehead atoms. The Hall–Kier alpha value is -6.27. The van der Waals surface area contributed by atoms with Gasteiger partial charge in [0.05, 0.1) is 6.04 Å². The van der Waals surface area contributed by atoms with Crippen molar-refractivity contribution in [2.45, 2.75) is 88.4 Å². The molecule has 0 aliphatic heterocycles. The fourth-order valence-corrected chi connectivity index (χ4v) is 6.17. The number of amides is 5. The number of nitrogens with two attached hydrogens (primary N) is 4. The van der Waals surface area contributed by atoms with Crippen molar-refractivity contribution in [3.63, 3.8) is 0 Å². The molecule has 3 aromatic carbocycles. The number of aliphatic carboxylic acids is 1. The number of aromatic hydroxyl groups is 1. The van der Waals surface area contributed by atoms with E-state index < -0.39 is 60.3 Å². The third-order valence-corrected chi connectivity index (χ3v) is 9.34. The zero-order chi connectivity index (χ0) is 43.2. The number of carboxylic acids is 1. The quantitative estimate of drug-likeness (QED) is 0.0285. The number of carbonyl (C=O) groups is 6. The first kappa shape index (κ1) is 47.1. The maximum absolute atomic E-state index is 14.0. The van der Waals surface area contributed by atoms with Crippen LogP contribution in [0, 0.1) is 0 Å². The molecule has 3 rings (SSSR count). The molecule has 4 atom stereocenters. The number of carboxylic acid groups (broad SMARTS) is 1. The van der Waals surface area contributed by atoms with Crippen molar-refractivity contribution in [2.75, 3.05) is 26.2 Å². The van der Waals surface area contributed by atoms with E-state index in [0.29, 0.717) is 30.5 Å². The number of fused-ring (bicyclic) bond motifs is 1. The van der Waals surface area contributed by atoms with E-state index >= 15 is 0 Å². The Labute approximate surface area is 343 Å². The second-order valence-corrected chi connectivity index (χ2v) is 14.2. The van der Waals surface area contributed by atoms with E-state index in [4.69, 9.17) is 22.9 Å². The van der Waals surface area contributed by atoms with Crippen molar-refractivity contribution in [2.24, 2.45) is 27.9 Å². The van der Waals surface area contributed by atoms with Gasteiger partial charge < -0.3 is 59.7 Å². The van der Waals surface area contributed by atoms with Crippen molar-refractivity contribution in [3.05, 3.63) is 77.9 Å². The number of unbranched alkanes of at least 4 members (excludes halogenated alkanes) is 2. The summed E-state index contributed by atoms with van der Waals surface area (Å²) >= 11 is 0. The number of aliphatic imine (C=N–C) groups is 1. The Kier molecular flexibility index (Phi) is 20.1. The molecule has 0 radical (unpaired) electrons. The minimum atomic E-state index is -1.28. The Bertz CT molecular complexity index is 1890. The van der Waals surface area contributed by atoms with Gasteiger partial charge in [-0.1, -0.05) is 61.0 Å². The number of nitrogens with one attached hydrogen (secondary N) is 5. The lowest BCUT2D eigenvalue weighted by Crippen LogP contribution is -2.58. The minimum absolute atomic E-state index is 0.00691. The van der Waals surface area contributed by atoms with Gasteiger partial charge in [0.1, 0.15) is 30.4 Å². The second kappa shape index (κ2) is 25.2. The highest BCUT2D eigenvalue weighted by molar-refractivity contribution is 5.95. The smallest absolute Gasteiger partial charge is 0.322 e. The van der Waals surface area contributed by atoms with Crippen molar-refractivity contribution in [1.82, 2.24) is 26.6 Å². The van der Waals surface area contributed by atoms with Gasteiger partial charge in [-0.25, -0.2) is 0 Å². The first-order valence-corrected chi connectivity index (χ1v) is 19.7. The van der Waals surface area contributed by atoms with E-state index in [1.807, 2.05) is 36.4 Å². The van der Waals surface area contributed by atoms with Crippen molar-refractivity contribution >= 4 is 52.2 Å². The maximum atomic E-state index is 14.0. The summed E-state index contributed by atoms with van der Waals surface area (Å²) in [5.74, 6) is -4.46. The molecular formula is C41H58N10O8. The molecule has 0 fully saturated rings. The molecule has 3 aromatic rings.